The molecular formula is C18H19N5O3. The Hall–Kier alpha value is -3.29. The van der Waals surface area contributed by atoms with E-state index in [2.05, 4.69) is 4.98 Å². The first-order valence-corrected chi connectivity index (χ1v) is 8.33. The first-order chi connectivity index (χ1) is 12.5. The van der Waals surface area contributed by atoms with Gasteiger partial charge in [0.2, 0.25) is 5.78 Å². The van der Waals surface area contributed by atoms with Gasteiger partial charge >= 0.3 is 5.69 Å². The molecule has 0 N–H and O–H groups in total. The predicted octanol–water partition coefficient (Wildman–Crippen LogP) is 1.48. The summed E-state index contributed by atoms with van der Waals surface area (Å²) >= 11 is 0. The molecule has 0 atom stereocenters. The third-order valence-corrected chi connectivity index (χ3v) is 4.67. The van der Waals surface area contributed by atoms with E-state index in [-0.39, 0.29) is 11.2 Å². The Kier molecular flexibility index (Phi) is 3.50. The molecule has 26 heavy (non-hydrogen) atoms. The third kappa shape index (κ3) is 1.98. The van der Waals surface area contributed by atoms with Gasteiger partial charge in [0.25, 0.3) is 5.56 Å². The maximum atomic E-state index is 12.8. The molecule has 134 valence electrons. The van der Waals surface area contributed by atoms with Crippen LogP contribution in [0.4, 0.5) is 0 Å². The van der Waals surface area contributed by atoms with E-state index in [0.717, 1.165) is 11.4 Å². The Morgan fingerprint density at radius 1 is 1.19 bits per heavy atom. The zero-order valence-electron chi connectivity index (χ0n) is 15.1. The maximum absolute atomic E-state index is 12.8. The minimum absolute atomic E-state index is 0.306. The highest BCUT2D eigenvalue weighted by atomic mass is 16.5. The normalized spacial score (nSPS) is 11.5. The largest absolute Gasteiger partial charge is 0.495 e. The van der Waals surface area contributed by atoms with E-state index >= 15 is 0 Å². The number of fused-ring (bicyclic) bond motifs is 3. The summed E-state index contributed by atoms with van der Waals surface area (Å²) in [6.07, 6.45) is 1.85. The van der Waals surface area contributed by atoms with Gasteiger partial charge in [-0.05, 0) is 26.0 Å². The quantitative estimate of drug-likeness (QED) is 0.559. The molecule has 0 aliphatic rings. The van der Waals surface area contributed by atoms with Crippen LogP contribution in [0.25, 0.3) is 22.6 Å². The monoisotopic (exact) mass is 353 g/mol. The summed E-state index contributed by atoms with van der Waals surface area (Å²) in [5.74, 6) is 1.25. The van der Waals surface area contributed by atoms with Crippen LogP contribution in [0.5, 0.6) is 5.75 Å². The number of nitrogens with zero attached hydrogens (tertiary/aromatic N) is 5. The molecule has 8 heteroatoms. The molecule has 3 aromatic heterocycles. The molecule has 0 aliphatic heterocycles. The molecule has 0 saturated carbocycles. The van der Waals surface area contributed by atoms with Crippen LogP contribution in [0, 0.1) is 6.92 Å². The van der Waals surface area contributed by atoms with Crippen molar-refractivity contribution in [3.63, 3.8) is 0 Å². The van der Waals surface area contributed by atoms with Gasteiger partial charge in [-0.25, -0.2) is 4.79 Å². The van der Waals surface area contributed by atoms with Crippen molar-refractivity contribution in [2.24, 2.45) is 7.05 Å². The van der Waals surface area contributed by atoms with Gasteiger partial charge in [-0.2, -0.15) is 4.98 Å². The molecular weight excluding hydrogens is 334 g/mol. The fourth-order valence-corrected chi connectivity index (χ4v) is 3.40. The smallest absolute Gasteiger partial charge is 0.332 e. The number of aryl methyl sites for hydroxylation is 2. The Labute approximate surface area is 148 Å². The summed E-state index contributed by atoms with van der Waals surface area (Å²) in [6.45, 7) is 4.02. The van der Waals surface area contributed by atoms with Gasteiger partial charge < -0.3 is 4.74 Å². The second-order valence-electron chi connectivity index (χ2n) is 6.12. The number of hydrogen-bond acceptors (Lipinski definition) is 4. The molecule has 0 radical (unpaired) electrons. The number of aromatic nitrogens is 5. The summed E-state index contributed by atoms with van der Waals surface area (Å²) in [6, 6.07) is 7.60. The second-order valence-corrected chi connectivity index (χ2v) is 6.12. The minimum atomic E-state index is -0.369. The van der Waals surface area contributed by atoms with Crippen LogP contribution in [-0.2, 0) is 13.6 Å². The van der Waals surface area contributed by atoms with Crippen molar-refractivity contribution in [2.75, 3.05) is 7.11 Å². The topological polar surface area (TPSA) is 75.5 Å². The summed E-state index contributed by atoms with van der Waals surface area (Å²) in [7, 11) is 3.24. The Balaban J connectivity index is 2.19. The van der Waals surface area contributed by atoms with Crippen molar-refractivity contribution in [1.82, 2.24) is 23.1 Å². The van der Waals surface area contributed by atoms with E-state index in [1.807, 2.05) is 42.0 Å². The number of methoxy groups -OCH3 is 1. The molecule has 0 aliphatic carbocycles. The van der Waals surface area contributed by atoms with Crippen LogP contribution in [0.15, 0.2) is 40.1 Å². The van der Waals surface area contributed by atoms with Gasteiger partial charge in [0, 0.05) is 25.5 Å². The van der Waals surface area contributed by atoms with Crippen molar-refractivity contribution < 1.29 is 4.74 Å². The molecule has 0 fully saturated rings. The Morgan fingerprint density at radius 2 is 1.92 bits per heavy atom. The average molecular weight is 353 g/mol. The molecule has 0 bridgehead atoms. The number of imidazole rings is 2. The van der Waals surface area contributed by atoms with E-state index in [4.69, 9.17) is 4.74 Å². The summed E-state index contributed by atoms with van der Waals surface area (Å²) in [5.41, 5.74) is 1.76. The van der Waals surface area contributed by atoms with Crippen molar-refractivity contribution in [3.8, 4) is 11.4 Å². The van der Waals surface area contributed by atoms with E-state index in [0.29, 0.717) is 29.2 Å². The highest BCUT2D eigenvalue weighted by Gasteiger charge is 2.21. The third-order valence-electron chi connectivity index (χ3n) is 4.67. The number of rotatable bonds is 3. The summed E-state index contributed by atoms with van der Waals surface area (Å²) in [5, 5.41) is 0. The molecule has 8 nitrogen and oxygen atoms in total. The fraction of sp³-hybridized carbons (Fsp3) is 0.278. The average Bonchev–Trinajstić information content (AvgIpc) is 3.15. The SMILES string of the molecule is CCn1c(=O)c2c(nc3n(-c4ccccc4OC)c(C)cn23)n(C)c1=O. The number of ether oxygens (including phenoxy) is 1. The van der Waals surface area contributed by atoms with Crippen LogP contribution in [0.2, 0.25) is 0 Å². The van der Waals surface area contributed by atoms with Crippen LogP contribution in [-0.4, -0.2) is 30.2 Å². The molecule has 4 aromatic rings. The summed E-state index contributed by atoms with van der Waals surface area (Å²) < 4.78 is 11.8. The van der Waals surface area contributed by atoms with Gasteiger partial charge in [-0.1, -0.05) is 12.1 Å². The van der Waals surface area contributed by atoms with Crippen LogP contribution in [0.1, 0.15) is 12.6 Å². The van der Waals surface area contributed by atoms with Gasteiger partial charge in [-0.15, -0.1) is 0 Å². The van der Waals surface area contributed by atoms with Crippen LogP contribution in [0.3, 0.4) is 0 Å². The molecule has 0 unspecified atom stereocenters. The first kappa shape index (κ1) is 16.2. The van der Waals surface area contributed by atoms with Gasteiger partial charge in [0.1, 0.15) is 5.75 Å². The standard InChI is InChI=1S/C18H19N5O3/c1-5-21-16(24)14-15(20(3)18(21)25)19-17-22(14)10-11(2)23(17)12-8-6-7-9-13(12)26-4/h6-10H,5H2,1-4H3. The first-order valence-electron chi connectivity index (χ1n) is 8.33. The molecule has 0 spiro atoms. The zero-order valence-corrected chi connectivity index (χ0v) is 15.1. The summed E-state index contributed by atoms with van der Waals surface area (Å²) in [4.78, 5) is 29.9. The Morgan fingerprint density at radius 3 is 2.62 bits per heavy atom. The van der Waals surface area contributed by atoms with Gasteiger partial charge in [0.15, 0.2) is 11.2 Å². The fourth-order valence-electron chi connectivity index (χ4n) is 3.40. The molecule has 0 amide bonds. The molecule has 1 aromatic carbocycles. The minimum Gasteiger partial charge on any atom is -0.495 e. The van der Waals surface area contributed by atoms with E-state index < -0.39 is 0 Å². The maximum Gasteiger partial charge on any atom is 0.332 e. The predicted molar refractivity (Wildman–Crippen MR) is 98.5 cm³/mol. The molecule has 0 saturated heterocycles. The van der Waals surface area contributed by atoms with E-state index in [1.54, 1.807) is 25.5 Å². The highest BCUT2D eigenvalue weighted by molar-refractivity contribution is 5.76. The number of para-hydroxylation sites is 2. The molecule has 3 heterocycles. The van der Waals surface area contributed by atoms with Crippen molar-refractivity contribution >= 4 is 16.9 Å². The van der Waals surface area contributed by atoms with Crippen LogP contribution < -0.4 is 16.0 Å². The van der Waals surface area contributed by atoms with E-state index in [9.17, 15) is 9.59 Å². The Bertz CT molecular complexity index is 1270. The van der Waals surface area contributed by atoms with Crippen molar-refractivity contribution in [1.29, 1.82) is 0 Å². The lowest BCUT2D eigenvalue weighted by Gasteiger charge is -2.10. The highest BCUT2D eigenvalue weighted by Crippen LogP contribution is 2.27. The van der Waals surface area contributed by atoms with Gasteiger partial charge in [0.05, 0.1) is 12.8 Å². The van der Waals surface area contributed by atoms with Crippen molar-refractivity contribution in [3.05, 3.63) is 57.0 Å². The number of benzene rings is 1. The zero-order chi connectivity index (χ0) is 18.6. The lowest BCUT2D eigenvalue weighted by atomic mass is 10.3. The second kappa shape index (κ2) is 5.62. The lowest BCUT2D eigenvalue weighted by molar-refractivity contribution is 0.413. The van der Waals surface area contributed by atoms with E-state index in [1.165, 1.54) is 9.13 Å². The van der Waals surface area contributed by atoms with Crippen LogP contribution >= 0.6 is 0 Å². The number of hydrogen-bond donors (Lipinski definition) is 0. The van der Waals surface area contributed by atoms with Gasteiger partial charge in [-0.3, -0.25) is 22.9 Å². The molecule has 4 rings (SSSR count). The lowest BCUT2D eigenvalue weighted by Crippen LogP contribution is -2.38. The van der Waals surface area contributed by atoms with Crippen molar-refractivity contribution in [2.45, 2.75) is 20.4 Å².